The van der Waals surface area contributed by atoms with Crippen LogP contribution in [0, 0.1) is 5.82 Å². The fourth-order valence-corrected chi connectivity index (χ4v) is 2.26. The summed E-state index contributed by atoms with van der Waals surface area (Å²) in [6, 6.07) is 13.1. The maximum Gasteiger partial charge on any atom is 0.245 e. The molecule has 122 valence electrons. The van der Waals surface area contributed by atoms with Crippen LogP contribution in [0.1, 0.15) is 11.4 Å². The molecular formula is C17H15FN4O2. The zero-order chi connectivity index (χ0) is 16.9. The lowest BCUT2D eigenvalue weighted by Crippen LogP contribution is -2.43. The number of hydrogen-bond donors (Lipinski definition) is 3. The molecule has 0 unspecified atom stereocenters. The van der Waals surface area contributed by atoms with E-state index in [2.05, 4.69) is 20.8 Å². The Labute approximate surface area is 137 Å². The molecule has 24 heavy (non-hydrogen) atoms. The Morgan fingerprint density at radius 2 is 1.62 bits per heavy atom. The van der Waals surface area contributed by atoms with Crippen molar-refractivity contribution in [1.82, 2.24) is 20.8 Å². The van der Waals surface area contributed by atoms with Crippen LogP contribution in [-0.2, 0) is 22.4 Å². The summed E-state index contributed by atoms with van der Waals surface area (Å²) in [6.45, 7) is 0. The first-order chi connectivity index (χ1) is 11.6. The van der Waals surface area contributed by atoms with Gasteiger partial charge in [0, 0.05) is 0 Å². The van der Waals surface area contributed by atoms with Crippen molar-refractivity contribution in [3.63, 3.8) is 0 Å². The van der Waals surface area contributed by atoms with Gasteiger partial charge >= 0.3 is 0 Å². The van der Waals surface area contributed by atoms with Gasteiger partial charge in [0.15, 0.2) is 0 Å². The predicted octanol–water partition coefficient (Wildman–Crippen LogP) is 1.63. The number of benzene rings is 2. The van der Waals surface area contributed by atoms with Crippen LogP contribution in [0.5, 0.6) is 0 Å². The maximum atomic E-state index is 12.8. The second-order valence-corrected chi connectivity index (χ2v) is 5.28. The average Bonchev–Trinajstić information content (AvgIpc) is 2.97. The topological polar surface area (TPSA) is 86.9 Å². The van der Waals surface area contributed by atoms with Gasteiger partial charge in [-0.3, -0.25) is 20.4 Å². The van der Waals surface area contributed by atoms with E-state index in [-0.39, 0.29) is 30.5 Å². The highest BCUT2D eigenvalue weighted by atomic mass is 19.1. The third-order valence-corrected chi connectivity index (χ3v) is 3.39. The first kappa shape index (κ1) is 15.7. The molecule has 0 saturated carbocycles. The zero-order valence-corrected chi connectivity index (χ0v) is 12.7. The molecule has 6 nitrogen and oxygen atoms in total. The predicted molar refractivity (Wildman–Crippen MR) is 86.2 cm³/mol. The summed E-state index contributed by atoms with van der Waals surface area (Å²) in [4.78, 5) is 30.9. The first-order valence-corrected chi connectivity index (χ1v) is 7.36. The molecule has 1 heterocycles. The van der Waals surface area contributed by atoms with E-state index >= 15 is 0 Å². The number of aromatic amines is 1. The number of H-pyrrole nitrogens is 1. The Hall–Kier alpha value is -3.22. The molecule has 0 atom stereocenters. The van der Waals surface area contributed by atoms with Crippen LogP contribution in [0.2, 0.25) is 0 Å². The minimum atomic E-state index is -0.389. The summed E-state index contributed by atoms with van der Waals surface area (Å²) in [5.74, 6) is -0.624. The van der Waals surface area contributed by atoms with E-state index in [1.807, 2.05) is 24.3 Å². The van der Waals surface area contributed by atoms with Crippen LogP contribution in [0.3, 0.4) is 0 Å². The number of hydrogen-bond acceptors (Lipinski definition) is 3. The smallest absolute Gasteiger partial charge is 0.245 e. The zero-order valence-electron chi connectivity index (χ0n) is 12.7. The molecule has 7 heteroatoms. The molecule has 3 N–H and O–H groups in total. The Morgan fingerprint density at radius 3 is 2.33 bits per heavy atom. The summed E-state index contributed by atoms with van der Waals surface area (Å²) in [7, 11) is 0. The number of carbonyl (C=O) groups is 2. The van der Waals surface area contributed by atoms with Gasteiger partial charge in [0.05, 0.1) is 23.9 Å². The largest absolute Gasteiger partial charge is 0.342 e. The number of halogens is 1. The van der Waals surface area contributed by atoms with Gasteiger partial charge in [0.2, 0.25) is 11.8 Å². The molecule has 0 bridgehead atoms. The number of amides is 2. The molecule has 0 fully saturated rings. The van der Waals surface area contributed by atoms with Crippen molar-refractivity contribution in [2.75, 3.05) is 0 Å². The van der Waals surface area contributed by atoms with E-state index in [1.165, 1.54) is 24.3 Å². The van der Waals surface area contributed by atoms with Gasteiger partial charge in [-0.15, -0.1) is 0 Å². The fraction of sp³-hybridized carbons (Fsp3) is 0.118. The molecule has 2 aromatic carbocycles. The van der Waals surface area contributed by atoms with E-state index < -0.39 is 0 Å². The Bertz CT molecular complexity index is 841. The molecule has 0 saturated heterocycles. The van der Waals surface area contributed by atoms with Gasteiger partial charge in [-0.1, -0.05) is 24.3 Å². The molecule has 3 rings (SSSR count). The Kier molecular flexibility index (Phi) is 4.51. The highest BCUT2D eigenvalue weighted by Gasteiger charge is 2.09. The van der Waals surface area contributed by atoms with E-state index in [0.29, 0.717) is 11.4 Å². The summed E-state index contributed by atoms with van der Waals surface area (Å²) in [6.07, 6.45) is 0.0662. The number of nitrogens with one attached hydrogen (secondary N) is 3. The van der Waals surface area contributed by atoms with E-state index in [1.54, 1.807) is 0 Å². The molecule has 3 aromatic rings. The second-order valence-electron chi connectivity index (χ2n) is 5.28. The van der Waals surface area contributed by atoms with Gasteiger partial charge < -0.3 is 4.98 Å². The van der Waals surface area contributed by atoms with Crippen molar-refractivity contribution in [3.05, 3.63) is 65.7 Å². The van der Waals surface area contributed by atoms with Crippen LogP contribution in [0.25, 0.3) is 11.0 Å². The van der Waals surface area contributed by atoms with Crippen LogP contribution in [-0.4, -0.2) is 21.8 Å². The van der Waals surface area contributed by atoms with Gasteiger partial charge in [-0.25, -0.2) is 9.37 Å². The average molecular weight is 326 g/mol. The van der Waals surface area contributed by atoms with Crippen LogP contribution in [0.15, 0.2) is 48.5 Å². The van der Waals surface area contributed by atoms with Crippen molar-refractivity contribution in [3.8, 4) is 0 Å². The van der Waals surface area contributed by atoms with Crippen LogP contribution >= 0.6 is 0 Å². The number of para-hydroxylation sites is 2. The highest BCUT2D eigenvalue weighted by molar-refractivity contribution is 5.84. The van der Waals surface area contributed by atoms with Gasteiger partial charge in [0.1, 0.15) is 11.6 Å². The number of imidazole rings is 1. The standard InChI is InChI=1S/C17H15FN4O2/c18-12-7-5-11(6-8-12)9-16(23)21-22-17(24)10-15-19-13-3-1-2-4-14(13)20-15/h1-8H,9-10H2,(H,19,20)(H,21,23)(H,22,24). The minimum absolute atomic E-state index is 0.0194. The monoisotopic (exact) mass is 326 g/mol. The second kappa shape index (κ2) is 6.91. The van der Waals surface area contributed by atoms with Crippen molar-refractivity contribution in [2.45, 2.75) is 12.8 Å². The minimum Gasteiger partial charge on any atom is -0.342 e. The number of aromatic nitrogens is 2. The van der Waals surface area contributed by atoms with Gasteiger partial charge in [-0.05, 0) is 29.8 Å². The Balaban J connectivity index is 1.49. The van der Waals surface area contributed by atoms with E-state index in [9.17, 15) is 14.0 Å². The SMILES string of the molecule is O=C(Cc1ccc(F)cc1)NNC(=O)Cc1nc2ccccc2[nH]1. The van der Waals surface area contributed by atoms with Crippen molar-refractivity contribution in [2.24, 2.45) is 0 Å². The van der Waals surface area contributed by atoms with E-state index in [4.69, 9.17) is 0 Å². The summed E-state index contributed by atoms with van der Waals surface area (Å²) in [5.41, 5.74) is 6.94. The number of nitrogens with zero attached hydrogens (tertiary/aromatic N) is 1. The quantitative estimate of drug-likeness (QED) is 0.637. The summed E-state index contributed by atoms with van der Waals surface area (Å²) in [5, 5.41) is 0. The number of rotatable bonds is 4. The molecule has 0 aliphatic carbocycles. The maximum absolute atomic E-state index is 12.8. The van der Waals surface area contributed by atoms with Gasteiger partial charge in [-0.2, -0.15) is 0 Å². The number of fused-ring (bicyclic) bond motifs is 1. The molecule has 0 aliphatic heterocycles. The molecule has 0 spiro atoms. The van der Waals surface area contributed by atoms with Crippen molar-refractivity contribution < 1.29 is 14.0 Å². The van der Waals surface area contributed by atoms with E-state index in [0.717, 1.165) is 11.0 Å². The van der Waals surface area contributed by atoms with Crippen LogP contribution in [0.4, 0.5) is 4.39 Å². The Morgan fingerprint density at radius 1 is 0.958 bits per heavy atom. The molecular weight excluding hydrogens is 311 g/mol. The molecule has 1 aromatic heterocycles. The van der Waals surface area contributed by atoms with Crippen molar-refractivity contribution >= 4 is 22.8 Å². The first-order valence-electron chi connectivity index (χ1n) is 7.36. The normalized spacial score (nSPS) is 10.5. The van der Waals surface area contributed by atoms with Crippen molar-refractivity contribution in [1.29, 1.82) is 0 Å². The molecule has 0 radical (unpaired) electrons. The third kappa shape index (κ3) is 3.95. The number of carbonyl (C=O) groups excluding carboxylic acids is 2. The lowest BCUT2D eigenvalue weighted by atomic mass is 10.1. The number of hydrazine groups is 1. The fourth-order valence-electron chi connectivity index (χ4n) is 2.26. The third-order valence-electron chi connectivity index (χ3n) is 3.39. The molecule has 0 aliphatic rings. The summed E-state index contributed by atoms with van der Waals surface area (Å²) < 4.78 is 12.8. The highest BCUT2D eigenvalue weighted by Crippen LogP contribution is 2.10. The summed E-state index contributed by atoms with van der Waals surface area (Å²) >= 11 is 0. The van der Waals surface area contributed by atoms with Gasteiger partial charge in [0.25, 0.3) is 0 Å². The lowest BCUT2D eigenvalue weighted by Gasteiger charge is -2.06. The molecule has 2 amide bonds. The van der Waals surface area contributed by atoms with Crippen LogP contribution < -0.4 is 10.9 Å². The lowest BCUT2D eigenvalue weighted by molar-refractivity contribution is -0.128.